The van der Waals surface area contributed by atoms with Crippen LogP contribution in [-0.4, -0.2) is 31.7 Å². The van der Waals surface area contributed by atoms with Gasteiger partial charge < -0.3 is 10.6 Å². The van der Waals surface area contributed by atoms with Gasteiger partial charge in [0, 0.05) is 25.6 Å². The smallest absolute Gasteiger partial charge is 0.221 e. The molecule has 0 aliphatic heterocycles. The molecule has 0 aromatic carbocycles. The normalized spacial score (nSPS) is 12.5. The first-order valence-electron chi connectivity index (χ1n) is 4.76. The van der Waals surface area contributed by atoms with Crippen molar-refractivity contribution < 1.29 is 9.18 Å². The van der Waals surface area contributed by atoms with Gasteiger partial charge in [0.05, 0.1) is 0 Å². The third-order valence-corrected chi connectivity index (χ3v) is 1.82. The fraction of sp³-hybridized carbons (Fsp3) is 0.889. The molecule has 0 aliphatic rings. The summed E-state index contributed by atoms with van der Waals surface area (Å²) in [5, 5.41) is 5.66. The molecule has 0 spiro atoms. The van der Waals surface area contributed by atoms with E-state index in [-0.39, 0.29) is 18.6 Å². The summed E-state index contributed by atoms with van der Waals surface area (Å²) < 4.78 is 11.6. The second-order valence-electron chi connectivity index (χ2n) is 3.07. The van der Waals surface area contributed by atoms with Crippen LogP contribution in [-0.2, 0) is 4.79 Å². The molecule has 0 heterocycles. The maximum Gasteiger partial charge on any atom is 0.221 e. The third-order valence-electron chi connectivity index (χ3n) is 1.82. The minimum Gasteiger partial charge on any atom is -0.354 e. The van der Waals surface area contributed by atoms with Crippen molar-refractivity contribution in [1.82, 2.24) is 10.6 Å². The number of alkyl halides is 1. The molecular weight excluding hydrogens is 171 g/mol. The molecule has 13 heavy (non-hydrogen) atoms. The van der Waals surface area contributed by atoms with Gasteiger partial charge in [0.1, 0.15) is 6.67 Å². The van der Waals surface area contributed by atoms with Crippen LogP contribution in [0.3, 0.4) is 0 Å². The lowest BCUT2D eigenvalue weighted by atomic mass is 10.2. The van der Waals surface area contributed by atoms with Crippen LogP contribution >= 0.6 is 0 Å². The molecule has 0 fully saturated rings. The average Bonchev–Trinajstić information content (AvgIpc) is 2.12. The molecule has 78 valence electrons. The molecule has 0 aromatic rings. The molecule has 0 bridgehead atoms. The lowest BCUT2D eigenvalue weighted by Gasteiger charge is -2.11. The van der Waals surface area contributed by atoms with E-state index < -0.39 is 0 Å². The Morgan fingerprint density at radius 3 is 2.69 bits per heavy atom. The first-order chi connectivity index (χ1) is 6.20. The van der Waals surface area contributed by atoms with Gasteiger partial charge in [0.2, 0.25) is 5.91 Å². The Hall–Kier alpha value is -0.640. The van der Waals surface area contributed by atoms with E-state index in [1.807, 2.05) is 13.8 Å². The van der Waals surface area contributed by atoms with Crippen molar-refractivity contribution in [3.05, 3.63) is 0 Å². The number of rotatable bonds is 7. The largest absolute Gasteiger partial charge is 0.354 e. The number of amides is 1. The molecule has 2 N–H and O–H groups in total. The maximum absolute atomic E-state index is 11.6. The summed E-state index contributed by atoms with van der Waals surface area (Å²) in [7, 11) is 0. The number of carbonyl (C=O) groups is 1. The van der Waals surface area contributed by atoms with E-state index in [4.69, 9.17) is 0 Å². The molecule has 4 heteroatoms. The summed E-state index contributed by atoms with van der Waals surface area (Å²) >= 11 is 0. The van der Waals surface area contributed by atoms with Crippen molar-refractivity contribution in [2.75, 3.05) is 19.8 Å². The lowest BCUT2D eigenvalue weighted by molar-refractivity contribution is -0.121. The lowest BCUT2D eigenvalue weighted by Crippen LogP contribution is -2.34. The fourth-order valence-electron chi connectivity index (χ4n) is 0.843. The monoisotopic (exact) mass is 190 g/mol. The maximum atomic E-state index is 11.6. The standard InChI is InChI=1S/C9H19FN2O/c1-3-8(2)12-9(13)4-6-11-7-5-10/h8,11H,3-7H2,1-2H3,(H,12,13). The summed E-state index contributed by atoms with van der Waals surface area (Å²) in [6.07, 6.45) is 1.36. The molecular formula is C9H19FN2O. The van der Waals surface area contributed by atoms with Gasteiger partial charge in [0.15, 0.2) is 0 Å². The highest BCUT2D eigenvalue weighted by atomic mass is 19.1. The minimum absolute atomic E-state index is 0.0284. The van der Waals surface area contributed by atoms with Crippen LogP contribution in [0.25, 0.3) is 0 Å². The van der Waals surface area contributed by atoms with Crippen molar-refractivity contribution in [2.45, 2.75) is 32.7 Å². The molecule has 0 saturated carbocycles. The van der Waals surface area contributed by atoms with Gasteiger partial charge >= 0.3 is 0 Å². The van der Waals surface area contributed by atoms with E-state index in [0.717, 1.165) is 6.42 Å². The molecule has 0 radical (unpaired) electrons. The fourth-order valence-corrected chi connectivity index (χ4v) is 0.843. The van der Waals surface area contributed by atoms with Gasteiger partial charge in [-0.1, -0.05) is 6.92 Å². The Bertz CT molecular complexity index is 142. The quantitative estimate of drug-likeness (QED) is 0.584. The van der Waals surface area contributed by atoms with Gasteiger partial charge in [-0.25, -0.2) is 4.39 Å². The van der Waals surface area contributed by atoms with Crippen LogP contribution in [0.15, 0.2) is 0 Å². The third kappa shape index (κ3) is 7.71. The van der Waals surface area contributed by atoms with Crippen molar-refractivity contribution in [3.8, 4) is 0 Å². The first kappa shape index (κ1) is 12.4. The molecule has 0 saturated heterocycles. The predicted octanol–water partition coefficient (Wildman–Crippen LogP) is 0.850. The van der Waals surface area contributed by atoms with E-state index >= 15 is 0 Å². The SMILES string of the molecule is CCC(C)NC(=O)CCNCCF. The summed E-state index contributed by atoms with van der Waals surface area (Å²) in [5.41, 5.74) is 0. The van der Waals surface area contributed by atoms with Crippen LogP contribution < -0.4 is 10.6 Å². The highest BCUT2D eigenvalue weighted by molar-refractivity contribution is 5.76. The second kappa shape index (κ2) is 7.98. The zero-order chi connectivity index (χ0) is 10.1. The van der Waals surface area contributed by atoms with Crippen LogP contribution in [0, 0.1) is 0 Å². The average molecular weight is 190 g/mol. The molecule has 1 unspecified atom stereocenters. The van der Waals surface area contributed by atoms with Crippen LogP contribution in [0.5, 0.6) is 0 Å². The zero-order valence-electron chi connectivity index (χ0n) is 8.40. The molecule has 0 aliphatic carbocycles. The Kier molecular flexibility index (Phi) is 7.59. The molecule has 0 aromatic heterocycles. The van der Waals surface area contributed by atoms with E-state index in [1.165, 1.54) is 0 Å². The molecule has 3 nitrogen and oxygen atoms in total. The topological polar surface area (TPSA) is 41.1 Å². The second-order valence-corrected chi connectivity index (χ2v) is 3.07. The summed E-state index contributed by atoms with van der Waals surface area (Å²) in [6.45, 7) is 4.48. The van der Waals surface area contributed by atoms with E-state index in [1.54, 1.807) is 0 Å². The van der Waals surface area contributed by atoms with Crippen LogP contribution in [0.4, 0.5) is 4.39 Å². The van der Waals surface area contributed by atoms with E-state index in [2.05, 4.69) is 10.6 Å². The molecule has 0 rings (SSSR count). The Morgan fingerprint density at radius 2 is 2.15 bits per heavy atom. The highest BCUT2D eigenvalue weighted by Crippen LogP contribution is 1.88. The number of hydrogen-bond donors (Lipinski definition) is 2. The van der Waals surface area contributed by atoms with Crippen molar-refractivity contribution in [2.24, 2.45) is 0 Å². The number of halogens is 1. The molecule has 1 amide bonds. The van der Waals surface area contributed by atoms with Crippen LogP contribution in [0.1, 0.15) is 26.7 Å². The van der Waals surface area contributed by atoms with Gasteiger partial charge in [-0.3, -0.25) is 4.79 Å². The van der Waals surface area contributed by atoms with Crippen molar-refractivity contribution in [1.29, 1.82) is 0 Å². The minimum atomic E-state index is -0.382. The summed E-state index contributed by atoms with van der Waals surface area (Å²) in [4.78, 5) is 11.1. The van der Waals surface area contributed by atoms with Crippen molar-refractivity contribution in [3.63, 3.8) is 0 Å². The predicted molar refractivity (Wildman–Crippen MR) is 51.4 cm³/mol. The number of hydrogen-bond acceptors (Lipinski definition) is 2. The Morgan fingerprint density at radius 1 is 1.46 bits per heavy atom. The Labute approximate surface area is 79.1 Å². The highest BCUT2D eigenvalue weighted by Gasteiger charge is 2.03. The number of nitrogens with one attached hydrogen (secondary N) is 2. The van der Waals surface area contributed by atoms with E-state index in [0.29, 0.717) is 19.5 Å². The van der Waals surface area contributed by atoms with E-state index in [9.17, 15) is 9.18 Å². The van der Waals surface area contributed by atoms with Gasteiger partial charge in [-0.15, -0.1) is 0 Å². The zero-order valence-corrected chi connectivity index (χ0v) is 8.40. The van der Waals surface area contributed by atoms with Crippen molar-refractivity contribution >= 4 is 5.91 Å². The van der Waals surface area contributed by atoms with Gasteiger partial charge in [-0.05, 0) is 13.3 Å². The molecule has 1 atom stereocenters. The van der Waals surface area contributed by atoms with Gasteiger partial charge in [0.25, 0.3) is 0 Å². The van der Waals surface area contributed by atoms with Gasteiger partial charge in [-0.2, -0.15) is 0 Å². The Balaban J connectivity index is 3.30. The summed E-state index contributed by atoms with van der Waals surface area (Å²) in [5.74, 6) is 0.0284. The first-order valence-corrected chi connectivity index (χ1v) is 4.76. The van der Waals surface area contributed by atoms with Crippen LogP contribution in [0.2, 0.25) is 0 Å². The summed E-state index contributed by atoms with van der Waals surface area (Å²) in [6, 6.07) is 0.230. The number of carbonyl (C=O) groups excluding carboxylic acids is 1.